The number of benzene rings is 3. The van der Waals surface area contributed by atoms with Crippen LogP contribution in [0.15, 0.2) is 66.7 Å². The summed E-state index contributed by atoms with van der Waals surface area (Å²) in [6.07, 6.45) is 0. The lowest BCUT2D eigenvalue weighted by Gasteiger charge is -2.12. The summed E-state index contributed by atoms with van der Waals surface area (Å²) < 4.78 is 26.7. The summed E-state index contributed by atoms with van der Waals surface area (Å²) in [6, 6.07) is 18.3. The minimum absolute atomic E-state index is 0.387. The molecule has 0 atom stereocenters. The van der Waals surface area contributed by atoms with E-state index in [1.807, 2.05) is 42.5 Å². The van der Waals surface area contributed by atoms with Gasteiger partial charge in [0.15, 0.2) is 17.5 Å². The predicted octanol–water partition coefficient (Wildman–Crippen LogP) is 5.97. The smallest absolute Gasteiger partial charge is 0.163 e. The molecule has 128 valence electrons. The molecule has 0 amide bonds. The summed E-state index contributed by atoms with van der Waals surface area (Å²) in [4.78, 5) is 9.13. The normalized spacial score (nSPS) is 10.9. The van der Waals surface area contributed by atoms with Crippen LogP contribution >= 0.6 is 11.6 Å². The van der Waals surface area contributed by atoms with Crippen LogP contribution in [0, 0.1) is 11.6 Å². The highest BCUT2D eigenvalue weighted by molar-refractivity contribution is 6.33. The van der Waals surface area contributed by atoms with Gasteiger partial charge in [0.1, 0.15) is 5.82 Å². The highest BCUT2D eigenvalue weighted by Gasteiger charge is 2.12. The minimum atomic E-state index is -0.931. The first-order chi connectivity index (χ1) is 12.6. The summed E-state index contributed by atoms with van der Waals surface area (Å²) in [5.41, 5.74) is 1.79. The van der Waals surface area contributed by atoms with Gasteiger partial charge >= 0.3 is 0 Å². The fourth-order valence-corrected chi connectivity index (χ4v) is 2.87. The first-order valence-corrected chi connectivity index (χ1v) is 8.23. The first kappa shape index (κ1) is 16.4. The third-order valence-electron chi connectivity index (χ3n) is 3.90. The number of anilines is 2. The van der Waals surface area contributed by atoms with Crippen molar-refractivity contribution < 1.29 is 8.78 Å². The summed E-state index contributed by atoms with van der Waals surface area (Å²) in [5, 5.41) is 4.33. The summed E-state index contributed by atoms with van der Waals surface area (Å²) in [7, 11) is 0. The second-order valence-electron chi connectivity index (χ2n) is 5.65. The molecule has 1 aromatic heterocycles. The van der Waals surface area contributed by atoms with E-state index in [-0.39, 0.29) is 0 Å². The van der Waals surface area contributed by atoms with Crippen LogP contribution in [0.2, 0.25) is 5.02 Å². The maximum Gasteiger partial charge on any atom is 0.163 e. The average Bonchev–Trinajstić information content (AvgIpc) is 2.65. The van der Waals surface area contributed by atoms with Crippen molar-refractivity contribution in [3.63, 3.8) is 0 Å². The molecule has 0 saturated carbocycles. The van der Waals surface area contributed by atoms with Crippen molar-refractivity contribution >= 4 is 34.0 Å². The molecule has 6 heteroatoms. The maximum atomic E-state index is 13.5. The Morgan fingerprint density at radius 1 is 0.808 bits per heavy atom. The molecule has 3 aromatic carbocycles. The summed E-state index contributed by atoms with van der Waals surface area (Å²) >= 11 is 6.27. The van der Waals surface area contributed by atoms with E-state index in [1.165, 1.54) is 6.07 Å². The van der Waals surface area contributed by atoms with E-state index in [1.54, 1.807) is 6.07 Å². The van der Waals surface area contributed by atoms with Gasteiger partial charge in [-0.3, -0.25) is 0 Å². The van der Waals surface area contributed by atoms with Gasteiger partial charge in [-0.1, -0.05) is 35.9 Å². The van der Waals surface area contributed by atoms with Crippen molar-refractivity contribution in [2.24, 2.45) is 0 Å². The van der Waals surface area contributed by atoms with E-state index in [4.69, 9.17) is 11.6 Å². The fourth-order valence-electron chi connectivity index (χ4n) is 2.65. The number of nitrogens with zero attached hydrogens (tertiary/aromatic N) is 2. The van der Waals surface area contributed by atoms with Gasteiger partial charge in [0.2, 0.25) is 0 Å². The second-order valence-corrected chi connectivity index (χ2v) is 6.05. The van der Waals surface area contributed by atoms with Crippen LogP contribution in [0.3, 0.4) is 0 Å². The van der Waals surface area contributed by atoms with E-state index in [9.17, 15) is 8.78 Å². The summed E-state index contributed by atoms with van der Waals surface area (Å²) in [5.74, 6) is -0.907. The van der Waals surface area contributed by atoms with Gasteiger partial charge in [0.25, 0.3) is 0 Å². The SMILES string of the molecule is Fc1ccc(Nc2nc(-c3ccccc3Cl)nc3ccccc23)cc1F. The van der Waals surface area contributed by atoms with Crippen LogP contribution in [0.1, 0.15) is 0 Å². The standard InChI is InChI=1S/C20H12ClF2N3/c21-15-7-3-1-5-13(15)19-25-18-8-4-2-6-14(18)20(26-19)24-12-9-10-16(22)17(23)11-12/h1-11H,(H,24,25,26). The van der Waals surface area contributed by atoms with Crippen molar-refractivity contribution in [1.82, 2.24) is 9.97 Å². The largest absolute Gasteiger partial charge is 0.340 e. The highest BCUT2D eigenvalue weighted by Crippen LogP contribution is 2.30. The monoisotopic (exact) mass is 367 g/mol. The number of halogens is 3. The number of para-hydroxylation sites is 1. The van der Waals surface area contributed by atoms with Gasteiger partial charge in [-0.05, 0) is 36.4 Å². The molecule has 26 heavy (non-hydrogen) atoms. The molecule has 0 spiro atoms. The van der Waals surface area contributed by atoms with Crippen LogP contribution in [-0.2, 0) is 0 Å². The number of hydrogen-bond donors (Lipinski definition) is 1. The van der Waals surface area contributed by atoms with E-state index < -0.39 is 11.6 Å². The predicted molar refractivity (Wildman–Crippen MR) is 99.6 cm³/mol. The number of aromatic nitrogens is 2. The number of rotatable bonds is 3. The van der Waals surface area contributed by atoms with Crippen molar-refractivity contribution in [2.45, 2.75) is 0 Å². The zero-order chi connectivity index (χ0) is 18.1. The van der Waals surface area contributed by atoms with Crippen LogP contribution in [0.5, 0.6) is 0 Å². The van der Waals surface area contributed by atoms with Gasteiger partial charge in [-0.15, -0.1) is 0 Å². The molecular formula is C20H12ClF2N3. The Kier molecular flexibility index (Phi) is 4.22. The van der Waals surface area contributed by atoms with Gasteiger partial charge in [0, 0.05) is 22.7 Å². The van der Waals surface area contributed by atoms with E-state index in [2.05, 4.69) is 15.3 Å². The van der Waals surface area contributed by atoms with Crippen LogP contribution in [-0.4, -0.2) is 9.97 Å². The van der Waals surface area contributed by atoms with Crippen LogP contribution in [0.4, 0.5) is 20.3 Å². The Morgan fingerprint density at radius 3 is 2.38 bits per heavy atom. The molecule has 0 aliphatic rings. The van der Waals surface area contributed by atoms with Gasteiger partial charge in [-0.25, -0.2) is 18.7 Å². The quantitative estimate of drug-likeness (QED) is 0.484. The fraction of sp³-hybridized carbons (Fsp3) is 0. The van der Waals surface area contributed by atoms with Gasteiger partial charge in [-0.2, -0.15) is 0 Å². The van der Waals surface area contributed by atoms with E-state index in [0.717, 1.165) is 17.5 Å². The lowest BCUT2D eigenvalue weighted by molar-refractivity contribution is 0.509. The van der Waals surface area contributed by atoms with Gasteiger partial charge < -0.3 is 5.32 Å². The third-order valence-corrected chi connectivity index (χ3v) is 4.23. The van der Waals surface area contributed by atoms with Crippen LogP contribution in [0.25, 0.3) is 22.3 Å². The van der Waals surface area contributed by atoms with Crippen molar-refractivity contribution in [3.8, 4) is 11.4 Å². The summed E-state index contributed by atoms with van der Waals surface area (Å²) in [6.45, 7) is 0. The zero-order valence-electron chi connectivity index (χ0n) is 13.4. The van der Waals surface area contributed by atoms with Crippen molar-refractivity contribution in [1.29, 1.82) is 0 Å². The number of hydrogen-bond acceptors (Lipinski definition) is 3. The van der Waals surface area contributed by atoms with Gasteiger partial charge in [0.05, 0.1) is 10.5 Å². The molecule has 1 N–H and O–H groups in total. The Labute approximate surface area is 153 Å². The van der Waals surface area contributed by atoms with Crippen molar-refractivity contribution in [3.05, 3.63) is 83.4 Å². The van der Waals surface area contributed by atoms with E-state index in [0.29, 0.717) is 33.4 Å². The molecule has 4 aromatic rings. The Morgan fingerprint density at radius 2 is 1.58 bits per heavy atom. The second kappa shape index (κ2) is 6.69. The molecule has 0 aliphatic heterocycles. The minimum Gasteiger partial charge on any atom is -0.340 e. The Hall–Kier alpha value is -3.05. The third kappa shape index (κ3) is 3.09. The van der Waals surface area contributed by atoms with Crippen LogP contribution < -0.4 is 5.32 Å². The molecule has 4 rings (SSSR count). The Bertz CT molecular complexity index is 1120. The molecule has 1 heterocycles. The first-order valence-electron chi connectivity index (χ1n) is 7.85. The molecule has 0 fully saturated rings. The number of fused-ring (bicyclic) bond motifs is 1. The molecule has 3 nitrogen and oxygen atoms in total. The lowest BCUT2D eigenvalue weighted by atomic mass is 10.1. The Balaban J connectivity index is 1.87. The average molecular weight is 368 g/mol. The molecule has 0 unspecified atom stereocenters. The lowest BCUT2D eigenvalue weighted by Crippen LogP contribution is -2.00. The molecule has 0 aliphatic carbocycles. The maximum absolute atomic E-state index is 13.5. The van der Waals surface area contributed by atoms with E-state index >= 15 is 0 Å². The van der Waals surface area contributed by atoms with Crippen molar-refractivity contribution in [2.75, 3.05) is 5.32 Å². The number of nitrogens with one attached hydrogen (secondary N) is 1. The molecular weight excluding hydrogens is 356 g/mol. The highest BCUT2D eigenvalue weighted by atomic mass is 35.5. The molecule has 0 saturated heterocycles. The zero-order valence-corrected chi connectivity index (χ0v) is 14.1. The topological polar surface area (TPSA) is 37.8 Å². The molecule has 0 radical (unpaired) electrons. The molecule has 0 bridgehead atoms.